The number of ether oxygens (including phenoxy) is 5. The van der Waals surface area contributed by atoms with Crippen LogP contribution in [-0.4, -0.2) is 137 Å². The van der Waals surface area contributed by atoms with E-state index in [4.69, 9.17) is 67.8 Å². The highest BCUT2D eigenvalue weighted by Crippen LogP contribution is 2.42. The van der Waals surface area contributed by atoms with Crippen LogP contribution in [0.5, 0.6) is 11.5 Å². The number of carbonyl (C=O) groups is 1. The molecule has 6 N–H and O–H groups in total. The lowest BCUT2D eigenvalue weighted by atomic mass is 10.1. The number of nitrogen functional groups attached to an aromatic ring is 1. The number of aromatic carboxylic acids is 1. The molecule has 0 aliphatic rings. The molecule has 36 heteroatoms. The number of benzene rings is 2. The molecule has 0 atom stereocenters. The molecule has 0 amide bonds. The molecule has 0 unspecified atom stereocenters. The number of rotatable bonds is 20. The Kier molecular flexibility index (Phi) is 41.6. The number of aliphatic hydroxyl groups is 1. The van der Waals surface area contributed by atoms with Crippen LogP contribution in [0.25, 0.3) is 43.9 Å². The van der Waals surface area contributed by atoms with Crippen molar-refractivity contribution in [1.82, 2.24) is 85.3 Å². The van der Waals surface area contributed by atoms with Crippen LogP contribution in [-0.2, 0) is 61.2 Å². The summed E-state index contributed by atoms with van der Waals surface area (Å²) in [5, 5.41) is 50.0. The molecule has 0 saturated carbocycles. The quantitative estimate of drug-likeness (QED) is 0.0442. The maximum Gasteiger partial charge on any atom is 0.335 e. The first-order valence-corrected chi connectivity index (χ1v) is 35.9. The number of aryl methyl sites for hydroxylation is 2. The van der Waals surface area contributed by atoms with Crippen molar-refractivity contribution in [2.45, 2.75) is 70.0 Å². The number of aromatic nitrogens is 17. The van der Waals surface area contributed by atoms with Gasteiger partial charge in [-0.15, -0.1) is 43.1 Å². The first-order chi connectivity index (χ1) is 50.3. The zero-order valence-corrected chi connectivity index (χ0v) is 65.7. The standard InChI is InChI=1S/C25H23ClN8O2S.C17H15ClN8OS.2C7H8BrNO.C6H4BrNO2.C6H6BrNO.5CH4/c1-34-32-24(31-33-34)18-5-4-6-20(23(18)36-3)30-21-11-17(10-16-9-15(14-35-2)7-8-27-16)28-12-19(21)25-29-13-22(26)37-25;1-26-24-16(23-25-26)9-4-3-5-11(15(9)27-2)22-12-6-14(19)20-7-10(12)17-21-8-13(18)28-17;2*1-10-5-6-2-3-9-7(8)4-6;7-5-3-4(6(9)10)1-2-8-5;7-6-3-5(4-9)1-2-8-6;;;;;/h4-9,11-13H,10,14H2,1-3H3,(H,28,30);3-8H,1-2H3,(H3,19,20,22);2*2-4H,5H2,1H3;1-3H,(H,9,10);1-3,9H,4H2;5*1H4. The third-order valence-corrected chi connectivity index (χ3v) is 17.5. The van der Waals surface area contributed by atoms with E-state index in [9.17, 15) is 4.79 Å². The molecule has 0 bridgehead atoms. The lowest BCUT2D eigenvalue weighted by Gasteiger charge is -2.16. The molecule has 0 saturated heterocycles. The average Bonchev–Trinajstić information content (AvgIpc) is 1.79. The third-order valence-electron chi connectivity index (χ3n) is 13.5. The summed E-state index contributed by atoms with van der Waals surface area (Å²) in [7, 11) is 11.6. The second kappa shape index (κ2) is 48.3. The minimum absolute atomic E-state index is 0. The summed E-state index contributed by atoms with van der Waals surface area (Å²) in [4.78, 5) is 50.9. The van der Waals surface area contributed by atoms with Crippen LogP contribution in [0.15, 0.2) is 183 Å². The van der Waals surface area contributed by atoms with Crippen LogP contribution in [0.1, 0.15) is 81.1 Å². The van der Waals surface area contributed by atoms with Gasteiger partial charge in [0.05, 0.1) is 118 Å². The summed E-state index contributed by atoms with van der Waals surface area (Å²) in [6.45, 7) is 1.87. The van der Waals surface area contributed by atoms with Gasteiger partial charge in [-0.05, 0) is 187 Å². The van der Waals surface area contributed by atoms with Crippen molar-refractivity contribution in [2.75, 3.05) is 51.9 Å². The van der Waals surface area contributed by atoms with Crippen molar-refractivity contribution in [1.29, 1.82) is 0 Å². The van der Waals surface area contributed by atoms with Crippen LogP contribution in [0.3, 0.4) is 0 Å². The van der Waals surface area contributed by atoms with Gasteiger partial charge in [0.15, 0.2) is 11.5 Å². The number of aliphatic hydroxyl groups excluding tert-OH is 1. The summed E-state index contributed by atoms with van der Waals surface area (Å²) in [6.07, 6.45) is 15.6. The number of para-hydroxylation sites is 2. The molecule has 13 rings (SSSR count). The number of pyridine rings is 7. The number of halogens is 6. The van der Waals surface area contributed by atoms with Crippen molar-refractivity contribution < 1.29 is 38.7 Å². The van der Waals surface area contributed by atoms with Gasteiger partial charge in [-0.2, -0.15) is 9.59 Å². The van der Waals surface area contributed by atoms with Crippen molar-refractivity contribution in [3.05, 3.63) is 231 Å². The van der Waals surface area contributed by atoms with Crippen molar-refractivity contribution in [2.24, 2.45) is 14.1 Å². The molecular formula is C73H84Br4Cl2N20O8S2. The second-order valence-corrected chi connectivity index (χ2v) is 27.5. The topological polar surface area (TPSA) is 357 Å². The fourth-order valence-electron chi connectivity index (χ4n) is 9.05. The molecule has 578 valence electrons. The summed E-state index contributed by atoms with van der Waals surface area (Å²) in [5.41, 5.74) is 18.0. The van der Waals surface area contributed by atoms with E-state index in [1.165, 1.54) is 50.6 Å². The molecular weight excluding hydrogens is 1740 g/mol. The van der Waals surface area contributed by atoms with Gasteiger partial charge < -0.3 is 50.3 Å². The number of hydrogen-bond donors (Lipinski definition) is 5. The van der Waals surface area contributed by atoms with E-state index in [-0.39, 0.29) is 49.3 Å². The molecule has 0 spiro atoms. The van der Waals surface area contributed by atoms with E-state index in [0.717, 1.165) is 85.7 Å². The van der Waals surface area contributed by atoms with Crippen molar-refractivity contribution in [3.8, 4) is 55.4 Å². The number of tetrazole rings is 2. The Bertz CT molecular complexity index is 4880. The number of thiazole rings is 2. The minimum atomic E-state index is -0.942. The van der Waals surface area contributed by atoms with E-state index in [2.05, 4.69) is 145 Å². The number of carboxylic acid groups (broad SMARTS) is 1. The van der Waals surface area contributed by atoms with Gasteiger partial charge in [0.2, 0.25) is 11.6 Å². The van der Waals surface area contributed by atoms with Crippen LogP contribution in [0.4, 0.5) is 28.6 Å². The van der Waals surface area contributed by atoms with Gasteiger partial charge >= 0.3 is 5.97 Å². The fraction of sp³-hybridized carbons (Fsp3) is 0.233. The Labute approximate surface area is 685 Å². The molecule has 0 fully saturated rings. The van der Waals surface area contributed by atoms with Crippen LogP contribution in [0.2, 0.25) is 8.67 Å². The normalized spacial score (nSPS) is 9.96. The van der Waals surface area contributed by atoms with E-state index in [1.807, 2.05) is 78.9 Å². The SMILES string of the molecule is C.C.C.C.C.COCc1ccnc(Br)c1.COCc1ccnc(Br)c1.COCc1ccnc(Cc2cc(Nc3cccc(-c4nnn(C)n4)c3OC)c(-c3ncc(Cl)s3)cn2)c1.COc1c(Nc2cc(N)ncc2-c2ncc(Cl)s2)cccc1-c1nnn(C)n1.O=C(O)c1ccnc(Br)c1.OCc1ccnc(Br)c1. The van der Waals surface area contributed by atoms with E-state index in [0.29, 0.717) is 85.3 Å². The first-order valence-electron chi connectivity index (χ1n) is 30.3. The van der Waals surface area contributed by atoms with Gasteiger partial charge in [0.25, 0.3) is 0 Å². The highest BCUT2D eigenvalue weighted by Gasteiger charge is 2.21. The lowest BCUT2D eigenvalue weighted by molar-refractivity contribution is 0.0696. The molecule has 0 aliphatic heterocycles. The van der Waals surface area contributed by atoms with Crippen molar-refractivity contribution in [3.63, 3.8) is 0 Å². The number of methoxy groups -OCH3 is 5. The Balaban J connectivity index is 0.000000373. The number of nitrogens with two attached hydrogens (primary N) is 1. The molecule has 2 aromatic carbocycles. The molecule has 13 aromatic rings. The average molecular weight is 1820 g/mol. The van der Waals surface area contributed by atoms with Crippen LogP contribution >= 0.6 is 110 Å². The lowest BCUT2D eigenvalue weighted by Crippen LogP contribution is -2.02. The fourth-order valence-corrected chi connectivity index (χ4v) is 12.5. The zero-order valence-electron chi connectivity index (χ0n) is 56.2. The van der Waals surface area contributed by atoms with Gasteiger partial charge in [0.1, 0.15) is 42.9 Å². The highest BCUT2D eigenvalue weighted by atomic mass is 79.9. The molecule has 0 radical (unpaired) electrons. The number of hydrogen-bond acceptors (Lipinski definition) is 27. The smallest absolute Gasteiger partial charge is 0.335 e. The minimum Gasteiger partial charge on any atom is -0.494 e. The zero-order chi connectivity index (χ0) is 74.5. The largest absolute Gasteiger partial charge is 0.494 e. The summed E-state index contributed by atoms with van der Waals surface area (Å²) < 4.78 is 30.7. The van der Waals surface area contributed by atoms with E-state index < -0.39 is 5.97 Å². The van der Waals surface area contributed by atoms with Gasteiger partial charge in [-0.25, -0.2) is 39.7 Å². The summed E-state index contributed by atoms with van der Waals surface area (Å²) in [6, 6.07) is 33.2. The maximum atomic E-state index is 10.3. The Hall–Kier alpha value is -9.30. The molecule has 11 heterocycles. The molecule has 28 nitrogen and oxygen atoms in total. The Morgan fingerprint density at radius 2 is 0.890 bits per heavy atom. The highest BCUT2D eigenvalue weighted by molar-refractivity contribution is 9.11. The Morgan fingerprint density at radius 1 is 0.486 bits per heavy atom. The first kappa shape index (κ1) is 93.9. The predicted molar refractivity (Wildman–Crippen MR) is 447 cm³/mol. The number of nitrogens with zero attached hydrogens (tertiary/aromatic N) is 17. The Morgan fingerprint density at radius 3 is 1.27 bits per heavy atom. The number of carboxylic acids is 1. The van der Waals surface area contributed by atoms with Gasteiger partial charge in [-0.3, -0.25) is 9.97 Å². The predicted octanol–water partition coefficient (Wildman–Crippen LogP) is 18.4. The van der Waals surface area contributed by atoms with E-state index in [1.54, 1.807) is 117 Å². The number of anilines is 5. The molecule has 0 aliphatic carbocycles. The number of nitrogens with one attached hydrogen (secondary N) is 2. The van der Waals surface area contributed by atoms with Crippen molar-refractivity contribution >= 4 is 144 Å². The summed E-state index contributed by atoms with van der Waals surface area (Å²) in [5.74, 6) is 1.53. The van der Waals surface area contributed by atoms with E-state index >= 15 is 0 Å². The maximum absolute atomic E-state index is 10.3. The van der Waals surface area contributed by atoms with Crippen LogP contribution < -0.4 is 25.8 Å². The molecule has 109 heavy (non-hydrogen) atoms. The van der Waals surface area contributed by atoms with Gasteiger partial charge in [0, 0.05) is 88.6 Å². The molecule has 11 aromatic heterocycles. The monoisotopic (exact) mass is 1820 g/mol. The second-order valence-electron chi connectivity index (χ2n) is 21.0. The van der Waals surface area contributed by atoms with Crippen LogP contribution in [0, 0.1) is 0 Å². The summed E-state index contributed by atoms with van der Waals surface area (Å²) >= 11 is 27.7. The third kappa shape index (κ3) is 29.2. The van der Waals surface area contributed by atoms with Gasteiger partial charge in [-0.1, -0.05) is 72.5 Å².